The number of fused-ring (bicyclic) bond motifs is 2. The van der Waals surface area contributed by atoms with Crippen LogP contribution >= 0.6 is 0 Å². The predicted molar refractivity (Wildman–Crippen MR) is 67.9 cm³/mol. The van der Waals surface area contributed by atoms with Crippen molar-refractivity contribution < 1.29 is 9.90 Å². The predicted octanol–water partition coefficient (Wildman–Crippen LogP) is 2.66. The molecule has 0 saturated heterocycles. The summed E-state index contributed by atoms with van der Waals surface area (Å²) in [7, 11) is 0. The van der Waals surface area contributed by atoms with Crippen molar-refractivity contribution in [2.45, 2.75) is 58.4 Å². The average Bonchev–Trinajstić information content (AvgIpc) is 2.75. The van der Waals surface area contributed by atoms with Gasteiger partial charge in [-0.2, -0.15) is 0 Å². The first kappa shape index (κ1) is 12.9. The van der Waals surface area contributed by atoms with Crippen molar-refractivity contribution >= 4 is 5.97 Å². The summed E-state index contributed by atoms with van der Waals surface area (Å²) in [6, 6.07) is 0. The Balaban J connectivity index is 1.97. The Morgan fingerprint density at radius 1 is 1.41 bits per heavy atom. The molecule has 3 nitrogen and oxygen atoms in total. The van der Waals surface area contributed by atoms with Crippen molar-refractivity contribution in [1.29, 1.82) is 0 Å². The maximum absolute atomic E-state index is 11.6. The number of nitrogens with one attached hydrogen (secondary N) is 1. The molecule has 0 aromatic carbocycles. The number of hydrogen-bond acceptors (Lipinski definition) is 2. The molecule has 98 valence electrons. The van der Waals surface area contributed by atoms with E-state index in [-0.39, 0.29) is 5.41 Å². The second-order valence-corrected chi connectivity index (χ2v) is 7.09. The maximum atomic E-state index is 11.6. The number of carbonyl (C=O) groups is 1. The molecule has 0 spiro atoms. The van der Waals surface area contributed by atoms with E-state index in [0.717, 1.165) is 32.2 Å². The van der Waals surface area contributed by atoms with Crippen LogP contribution in [0, 0.1) is 17.3 Å². The van der Waals surface area contributed by atoms with Gasteiger partial charge >= 0.3 is 5.97 Å². The fourth-order valence-electron chi connectivity index (χ4n) is 3.54. The molecular weight excluding hydrogens is 214 g/mol. The van der Waals surface area contributed by atoms with Gasteiger partial charge in [0, 0.05) is 0 Å². The third-order valence-corrected chi connectivity index (χ3v) is 4.55. The van der Waals surface area contributed by atoms with Crippen LogP contribution in [0.1, 0.15) is 52.9 Å². The number of carboxylic acids is 1. The van der Waals surface area contributed by atoms with E-state index in [1.165, 1.54) is 6.42 Å². The lowest BCUT2D eigenvalue weighted by atomic mass is 9.80. The Bertz CT molecular complexity index is 308. The first-order valence-corrected chi connectivity index (χ1v) is 6.82. The van der Waals surface area contributed by atoms with E-state index in [2.05, 4.69) is 26.1 Å². The molecule has 0 heterocycles. The highest BCUT2D eigenvalue weighted by atomic mass is 16.4. The molecular formula is C14H25NO2. The van der Waals surface area contributed by atoms with Gasteiger partial charge in [0.25, 0.3) is 0 Å². The van der Waals surface area contributed by atoms with Gasteiger partial charge in [-0.3, -0.25) is 4.79 Å². The van der Waals surface area contributed by atoms with Crippen LogP contribution in [0.2, 0.25) is 0 Å². The van der Waals surface area contributed by atoms with Gasteiger partial charge in [-0.25, -0.2) is 0 Å². The van der Waals surface area contributed by atoms with Gasteiger partial charge in [-0.15, -0.1) is 0 Å². The Hall–Kier alpha value is -0.570. The molecule has 17 heavy (non-hydrogen) atoms. The number of carboxylic acid groups (broad SMARTS) is 1. The second kappa shape index (κ2) is 4.27. The number of hydrogen-bond donors (Lipinski definition) is 2. The van der Waals surface area contributed by atoms with Gasteiger partial charge in [0.1, 0.15) is 5.54 Å². The zero-order valence-corrected chi connectivity index (χ0v) is 11.3. The van der Waals surface area contributed by atoms with Gasteiger partial charge in [-0.05, 0) is 49.5 Å². The molecule has 0 aliphatic heterocycles. The molecule has 0 aromatic heterocycles. The van der Waals surface area contributed by atoms with E-state index in [4.69, 9.17) is 0 Å². The largest absolute Gasteiger partial charge is 0.480 e. The molecule has 0 radical (unpaired) electrons. The zero-order valence-electron chi connectivity index (χ0n) is 11.3. The van der Waals surface area contributed by atoms with Gasteiger partial charge < -0.3 is 10.4 Å². The SMILES string of the molecule is CC(C)(C)CCNC1(C(=O)O)CC2CCC1C2. The monoisotopic (exact) mass is 239 g/mol. The maximum Gasteiger partial charge on any atom is 0.324 e. The van der Waals surface area contributed by atoms with Crippen molar-refractivity contribution in [3.05, 3.63) is 0 Å². The minimum absolute atomic E-state index is 0.268. The highest BCUT2D eigenvalue weighted by molar-refractivity contribution is 5.80. The summed E-state index contributed by atoms with van der Waals surface area (Å²) in [6.07, 6.45) is 5.32. The van der Waals surface area contributed by atoms with E-state index < -0.39 is 11.5 Å². The Morgan fingerprint density at radius 2 is 2.12 bits per heavy atom. The van der Waals surface area contributed by atoms with Gasteiger partial charge in [-0.1, -0.05) is 27.2 Å². The van der Waals surface area contributed by atoms with E-state index in [0.29, 0.717) is 11.8 Å². The van der Waals surface area contributed by atoms with Crippen LogP contribution in [0.5, 0.6) is 0 Å². The summed E-state index contributed by atoms with van der Waals surface area (Å²) < 4.78 is 0. The topological polar surface area (TPSA) is 49.3 Å². The fourth-order valence-corrected chi connectivity index (χ4v) is 3.54. The molecule has 3 heteroatoms. The van der Waals surface area contributed by atoms with Crippen LogP contribution in [0.15, 0.2) is 0 Å². The normalized spacial score (nSPS) is 36.4. The van der Waals surface area contributed by atoms with Crippen LogP contribution in [0.4, 0.5) is 0 Å². The van der Waals surface area contributed by atoms with Gasteiger partial charge in [0.2, 0.25) is 0 Å². The standard InChI is InChI=1S/C14H25NO2/c1-13(2,3)6-7-15-14(12(16)17)9-10-4-5-11(14)8-10/h10-11,15H,4-9H2,1-3H3,(H,16,17). The Kier molecular flexibility index (Phi) is 3.23. The first-order valence-electron chi connectivity index (χ1n) is 6.82. The molecule has 0 amide bonds. The number of aliphatic carboxylic acids is 1. The van der Waals surface area contributed by atoms with Crippen LogP contribution in [-0.4, -0.2) is 23.2 Å². The third kappa shape index (κ3) is 2.49. The Morgan fingerprint density at radius 3 is 2.53 bits per heavy atom. The van der Waals surface area contributed by atoms with Gasteiger partial charge in [0.15, 0.2) is 0 Å². The van der Waals surface area contributed by atoms with Crippen molar-refractivity contribution in [3.63, 3.8) is 0 Å². The smallest absolute Gasteiger partial charge is 0.324 e. The van der Waals surface area contributed by atoms with Crippen LogP contribution in [0.3, 0.4) is 0 Å². The molecule has 2 bridgehead atoms. The summed E-state index contributed by atoms with van der Waals surface area (Å²) in [6.45, 7) is 7.41. The lowest BCUT2D eigenvalue weighted by Crippen LogP contribution is -2.56. The lowest BCUT2D eigenvalue weighted by molar-refractivity contribution is -0.147. The van der Waals surface area contributed by atoms with E-state index >= 15 is 0 Å². The third-order valence-electron chi connectivity index (χ3n) is 4.55. The van der Waals surface area contributed by atoms with Crippen molar-refractivity contribution in [1.82, 2.24) is 5.32 Å². The molecule has 3 atom stereocenters. The summed E-state index contributed by atoms with van der Waals surface area (Å²) in [4.78, 5) is 11.6. The van der Waals surface area contributed by atoms with Crippen LogP contribution in [-0.2, 0) is 4.79 Å². The quantitative estimate of drug-likeness (QED) is 0.793. The summed E-state index contributed by atoms with van der Waals surface area (Å²) in [5.74, 6) is 0.391. The molecule has 2 fully saturated rings. The highest BCUT2D eigenvalue weighted by Crippen LogP contribution is 2.50. The minimum Gasteiger partial charge on any atom is -0.480 e. The van der Waals surface area contributed by atoms with Crippen molar-refractivity contribution in [2.75, 3.05) is 6.54 Å². The molecule has 2 N–H and O–H groups in total. The minimum atomic E-state index is -0.626. The summed E-state index contributed by atoms with van der Waals surface area (Å²) in [5, 5.41) is 12.9. The molecule has 2 rings (SSSR count). The second-order valence-electron chi connectivity index (χ2n) is 7.09. The van der Waals surface area contributed by atoms with E-state index in [1.807, 2.05) is 0 Å². The molecule has 3 unspecified atom stereocenters. The highest BCUT2D eigenvalue weighted by Gasteiger charge is 2.55. The lowest BCUT2D eigenvalue weighted by Gasteiger charge is -2.35. The Labute approximate surface area is 104 Å². The average molecular weight is 239 g/mol. The molecule has 2 saturated carbocycles. The number of rotatable bonds is 4. The molecule has 0 aromatic rings. The van der Waals surface area contributed by atoms with Crippen LogP contribution < -0.4 is 5.32 Å². The van der Waals surface area contributed by atoms with E-state index in [9.17, 15) is 9.90 Å². The van der Waals surface area contributed by atoms with Gasteiger partial charge in [0.05, 0.1) is 0 Å². The summed E-state index contributed by atoms with van der Waals surface area (Å²) in [5.41, 5.74) is -0.335. The molecule has 2 aliphatic rings. The van der Waals surface area contributed by atoms with E-state index in [1.54, 1.807) is 0 Å². The molecule has 2 aliphatic carbocycles. The fraction of sp³-hybridized carbons (Fsp3) is 0.929. The first-order chi connectivity index (χ1) is 7.83. The van der Waals surface area contributed by atoms with Crippen molar-refractivity contribution in [3.8, 4) is 0 Å². The zero-order chi connectivity index (χ0) is 12.7. The van der Waals surface area contributed by atoms with Crippen LogP contribution in [0.25, 0.3) is 0 Å². The summed E-state index contributed by atoms with van der Waals surface area (Å²) >= 11 is 0. The van der Waals surface area contributed by atoms with Crippen molar-refractivity contribution in [2.24, 2.45) is 17.3 Å².